The lowest BCUT2D eigenvalue weighted by Crippen LogP contribution is -1.96. The normalized spacial score (nSPS) is 10.3. The fourth-order valence-corrected chi connectivity index (χ4v) is 1.62. The first kappa shape index (κ1) is 11.4. The molecule has 0 spiro atoms. The van der Waals surface area contributed by atoms with Gasteiger partial charge in [-0.05, 0) is 12.1 Å². The summed E-state index contributed by atoms with van der Waals surface area (Å²) in [7, 11) is 0. The van der Waals surface area contributed by atoms with Gasteiger partial charge in [0.05, 0.1) is 0 Å². The summed E-state index contributed by atoms with van der Waals surface area (Å²) >= 11 is 0. The van der Waals surface area contributed by atoms with Gasteiger partial charge in [-0.25, -0.2) is 13.2 Å². The Bertz CT molecular complexity index is 579. The molecule has 86 valence electrons. The molecule has 2 rings (SSSR count). The summed E-state index contributed by atoms with van der Waals surface area (Å²) in [5, 5.41) is 0. The number of carbonyl (C=O) groups excluding carboxylic acids is 1. The lowest BCUT2D eigenvalue weighted by molar-refractivity contribution is 0.112. The Hall–Kier alpha value is -2.10. The molecule has 17 heavy (non-hydrogen) atoms. The van der Waals surface area contributed by atoms with Crippen LogP contribution in [0.3, 0.4) is 0 Å². The average molecular weight is 236 g/mol. The van der Waals surface area contributed by atoms with Gasteiger partial charge in [0.25, 0.3) is 0 Å². The van der Waals surface area contributed by atoms with Gasteiger partial charge in [-0.3, -0.25) is 4.79 Å². The lowest BCUT2D eigenvalue weighted by Gasteiger charge is -2.08. The van der Waals surface area contributed by atoms with Crippen LogP contribution in [0.15, 0.2) is 36.4 Å². The number of benzene rings is 2. The molecule has 0 unspecified atom stereocenters. The Morgan fingerprint density at radius 3 is 2.24 bits per heavy atom. The fourth-order valence-electron chi connectivity index (χ4n) is 1.62. The molecule has 0 radical (unpaired) electrons. The number of halogens is 3. The predicted octanol–water partition coefficient (Wildman–Crippen LogP) is 3.58. The summed E-state index contributed by atoms with van der Waals surface area (Å²) in [6.45, 7) is 0. The second-order valence-corrected chi connectivity index (χ2v) is 3.42. The third-order valence-corrected chi connectivity index (χ3v) is 2.39. The van der Waals surface area contributed by atoms with Crippen molar-refractivity contribution >= 4 is 6.29 Å². The number of hydrogen-bond acceptors (Lipinski definition) is 1. The zero-order chi connectivity index (χ0) is 12.4. The molecule has 1 nitrogen and oxygen atoms in total. The van der Waals surface area contributed by atoms with Gasteiger partial charge in [-0.15, -0.1) is 0 Å². The number of rotatable bonds is 2. The maximum absolute atomic E-state index is 13.6. The van der Waals surface area contributed by atoms with E-state index in [0.29, 0.717) is 6.29 Å². The molecule has 0 atom stereocenters. The van der Waals surface area contributed by atoms with Gasteiger partial charge in [0.1, 0.15) is 5.82 Å². The first-order chi connectivity index (χ1) is 8.15. The van der Waals surface area contributed by atoms with E-state index in [-0.39, 0.29) is 16.7 Å². The Kier molecular flexibility index (Phi) is 2.95. The molecule has 0 amide bonds. The van der Waals surface area contributed by atoms with Gasteiger partial charge in [-0.1, -0.05) is 24.3 Å². The van der Waals surface area contributed by atoms with Crippen LogP contribution in [0.4, 0.5) is 13.2 Å². The quantitative estimate of drug-likeness (QED) is 0.728. The van der Waals surface area contributed by atoms with Crippen LogP contribution in [0, 0.1) is 17.5 Å². The lowest BCUT2D eigenvalue weighted by atomic mass is 9.99. The number of carbonyl (C=O) groups is 1. The molecule has 0 saturated carbocycles. The molecule has 0 bridgehead atoms. The van der Waals surface area contributed by atoms with Gasteiger partial charge in [0.15, 0.2) is 17.9 Å². The summed E-state index contributed by atoms with van der Waals surface area (Å²) in [5.74, 6) is -3.01. The molecule has 0 N–H and O–H groups in total. The van der Waals surface area contributed by atoms with E-state index in [0.717, 1.165) is 12.1 Å². The van der Waals surface area contributed by atoms with Crippen LogP contribution < -0.4 is 0 Å². The summed E-state index contributed by atoms with van der Waals surface area (Å²) in [4.78, 5) is 10.8. The molecule has 0 aliphatic heterocycles. The maximum Gasteiger partial charge on any atom is 0.166 e. The molecule has 4 heteroatoms. The Balaban J connectivity index is 2.76. The highest BCUT2D eigenvalue weighted by atomic mass is 19.2. The van der Waals surface area contributed by atoms with Gasteiger partial charge >= 0.3 is 0 Å². The topological polar surface area (TPSA) is 17.1 Å². The average Bonchev–Trinajstić information content (AvgIpc) is 2.33. The summed E-state index contributed by atoms with van der Waals surface area (Å²) in [6, 6.07) is 7.18. The molecular weight excluding hydrogens is 229 g/mol. The Labute approximate surface area is 95.5 Å². The van der Waals surface area contributed by atoms with Gasteiger partial charge in [0.2, 0.25) is 0 Å². The predicted molar refractivity (Wildman–Crippen MR) is 57.1 cm³/mol. The van der Waals surface area contributed by atoms with Crippen molar-refractivity contribution in [1.29, 1.82) is 0 Å². The van der Waals surface area contributed by atoms with Crippen LogP contribution in [0.1, 0.15) is 10.4 Å². The number of aldehydes is 1. The van der Waals surface area contributed by atoms with Gasteiger partial charge in [0, 0.05) is 16.7 Å². The molecule has 2 aromatic carbocycles. The van der Waals surface area contributed by atoms with E-state index in [4.69, 9.17) is 0 Å². The summed E-state index contributed by atoms with van der Waals surface area (Å²) < 4.78 is 40.2. The van der Waals surface area contributed by atoms with E-state index in [2.05, 4.69) is 0 Å². The monoisotopic (exact) mass is 236 g/mol. The SMILES string of the molecule is O=Cc1cccc(F)c1-c1cccc(F)c1F. The van der Waals surface area contributed by atoms with E-state index in [1.54, 1.807) is 0 Å². The summed E-state index contributed by atoms with van der Waals surface area (Å²) in [5.41, 5.74) is -0.501. The van der Waals surface area contributed by atoms with Crippen LogP contribution >= 0.6 is 0 Å². The van der Waals surface area contributed by atoms with Crippen LogP contribution in [0.2, 0.25) is 0 Å². The largest absolute Gasteiger partial charge is 0.298 e. The third-order valence-electron chi connectivity index (χ3n) is 2.39. The van der Waals surface area contributed by atoms with Crippen LogP contribution in [0.25, 0.3) is 11.1 Å². The Morgan fingerprint density at radius 2 is 1.53 bits per heavy atom. The zero-order valence-corrected chi connectivity index (χ0v) is 8.58. The molecule has 0 saturated heterocycles. The molecule has 0 aliphatic carbocycles. The second-order valence-electron chi connectivity index (χ2n) is 3.42. The molecular formula is C13H7F3O. The molecule has 2 aromatic rings. The minimum Gasteiger partial charge on any atom is -0.298 e. The van der Waals surface area contributed by atoms with Crippen LogP contribution in [-0.2, 0) is 0 Å². The first-order valence-corrected chi connectivity index (χ1v) is 4.83. The van der Waals surface area contributed by atoms with Crippen molar-refractivity contribution in [3.63, 3.8) is 0 Å². The van der Waals surface area contributed by atoms with Crippen LogP contribution in [-0.4, -0.2) is 6.29 Å². The van der Waals surface area contributed by atoms with Crippen molar-refractivity contribution in [3.05, 3.63) is 59.4 Å². The van der Waals surface area contributed by atoms with Crippen molar-refractivity contribution in [2.45, 2.75) is 0 Å². The third kappa shape index (κ3) is 1.93. The smallest absolute Gasteiger partial charge is 0.166 e. The molecule has 0 fully saturated rings. The van der Waals surface area contributed by atoms with E-state index in [1.165, 1.54) is 24.3 Å². The van der Waals surface area contributed by atoms with Crippen molar-refractivity contribution in [3.8, 4) is 11.1 Å². The summed E-state index contributed by atoms with van der Waals surface area (Å²) in [6.07, 6.45) is 0.406. The molecule has 0 aromatic heterocycles. The van der Waals surface area contributed by atoms with Crippen molar-refractivity contribution < 1.29 is 18.0 Å². The zero-order valence-electron chi connectivity index (χ0n) is 8.58. The fraction of sp³-hybridized carbons (Fsp3) is 0. The highest BCUT2D eigenvalue weighted by molar-refractivity contribution is 5.87. The standard InChI is InChI=1S/C13H7F3O/c14-10-5-1-3-8(7-17)12(10)9-4-2-6-11(15)13(9)16/h1-7H. The van der Waals surface area contributed by atoms with E-state index >= 15 is 0 Å². The van der Waals surface area contributed by atoms with Crippen molar-refractivity contribution in [2.75, 3.05) is 0 Å². The Morgan fingerprint density at radius 1 is 0.882 bits per heavy atom. The van der Waals surface area contributed by atoms with E-state index < -0.39 is 17.5 Å². The molecule has 0 aliphatic rings. The van der Waals surface area contributed by atoms with Gasteiger partial charge < -0.3 is 0 Å². The van der Waals surface area contributed by atoms with Crippen LogP contribution in [0.5, 0.6) is 0 Å². The first-order valence-electron chi connectivity index (χ1n) is 4.83. The minimum absolute atomic E-state index is 0.0190. The van der Waals surface area contributed by atoms with Gasteiger partial charge in [-0.2, -0.15) is 0 Å². The van der Waals surface area contributed by atoms with Crippen molar-refractivity contribution in [1.82, 2.24) is 0 Å². The maximum atomic E-state index is 13.6. The van der Waals surface area contributed by atoms with Crippen molar-refractivity contribution in [2.24, 2.45) is 0 Å². The van der Waals surface area contributed by atoms with E-state index in [1.807, 2.05) is 0 Å². The van der Waals surface area contributed by atoms with E-state index in [9.17, 15) is 18.0 Å². The molecule has 0 heterocycles. The highest BCUT2D eigenvalue weighted by Crippen LogP contribution is 2.29. The highest BCUT2D eigenvalue weighted by Gasteiger charge is 2.16. The second kappa shape index (κ2) is 4.41. The minimum atomic E-state index is -1.17. The number of hydrogen-bond donors (Lipinski definition) is 0.